The zero-order valence-corrected chi connectivity index (χ0v) is 10.9. The summed E-state index contributed by atoms with van der Waals surface area (Å²) in [4.78, 5) is 0. The van der Waals surface area contributed by atoms with Crippen molar-refractivity contribution in [2.45, 2.75) is 18.6 Å². The van der Waals surface area contributed by atoms with Crippen LogP contribution in [-0.2, 0) is 6.54 Å². The molecule has 2 aromatic rings. The fourth-order valence-electron chi connectivity index (χ4n) is 1.73. The van der Waals surface area contributed by atoms with Crippen molar-refractivity contribution in [2.75, 3.05) is 6.26 Å². The van der Waals surface area contributed by atoms with E-state index in [1.807, 2.05) is 18.4 Å². The van der Waals surface area contributed by atoms with Crippen LogP contribution in [0.15, 0.2) is 42.1 Å². The first-order chi connectivity index (χ1) is 8.26. The highest BCUT2D eigenvalue weighted by molar-refractivity contribution is 7.98. The second kappa shape index (κ2) is 5.19. The zero-order valence-electron chi connectivity index (χ0n) is 10.1. The number of allylic oxidation sites excluding steroid dienone is 1. The first kappa shape index (κ1) is 11.9. The van der Waals surface area contributed by atoms with Crippen LogP contribution in [-0.4, -0.2) is 21.0 Å². The van der Waals surface area contributed by atoms with Gasteiger partial charge in [-0.05, 0) is 19.2 Å². The monoisotopic (exact) mass is 245 g/mol. The summed E-state index contributed by atoms with van der Waals surface area (Å²) in [5, 5.41) is 9.37. The zero-order chi connectivity index (χ0) is 12.3. The van der Waals surface area contributed by atoms with Gasteiger partial charge in [-0.1, -0.05) is 41.6 Å². The van der Waals surface area contributed by atoms with Crippen LogP contribution in [0.4, 0.5) is 0 Å². The molecule has 4 heteroatoms. The van der Waals surface area contributed by atoms with E-state index in [1.165, 1.54) is 5.56 Å². The van der Waals surface area contributed by atoms with E-state index in [0.29, 0.717) is 0 Å². The highest BCUT2D eigenvalue weighted by Crippen LogP contribution is 2.23. The highest BCUT2D eigenvalue weighted by atomic mass is 32.2. The topological polar surface area (TPSA) is 30.7 Å². The van der Waals surface area contributed by atoms with Crippen LogP contribution in [0.25, 0.3) is 11.4 Å². The van der Waals surface area contributed by atoms with Crippen LogP contribution < -0.4 is 0 Å². The van der Waals surface area contributed by atoms with Crippen LogP contribution in [0.5, 0.6) is 0 Å². The molecule has 88 valence electrons. The minimum atomic E-state index is 0.729. The minimum absolute atomic E-state index is 0.729. The van der Waals surface area contributed by atoms with Crippen molar-refractivity contribution >= 4 is 11.8 Å². The molecule has 1 heterocycles. The van der Waals surface area contributed by atoms with E-state index in [1.54, 1.807) is 11.8 Å². The van der Waals surface area contributed by atoms with Crippen LogP contribution in [0.1, 0.15) is 5.56 Å². The van der Waals surface area contributed by atoms with Gasteiger partial charge in [0.2, 0.25) is 0 Å². The van der Waals surface area contributed by atoms with Gasteiger partial charge in [0.05, 0.1) is 0 Å². The summed E-state index contributed by atoms with van der Waals surface area (Å²) in [5.74, 6) is 0.901. The van der Waals surface area contributed by atoms with Gasteiger partial charge in [-0.25, -0.2) is 0 Å². The van der Waals surface area contributed by atoms with E-state index >= 15 is 0 Å². The maximum absolute atomic E-state index is 4.26. The Balaban J connectivity index is 2.51. The van der Waals surface area contributed by atoms with Crippen molar-refractivity contribution < 1.29 is 0 Å². The van der Waals surface area contributed by atoms with Gasteiger partial charge in [0.15, 0.2) is 11.0 Å². The summed E-state index contributed by atoms with van der Waals surface area (Å²) in [6, 6.07) is 8.29. The lowest BCUT2D eigenvalue weighted by Gasteiger charge is -2.06. The number of thioether (sulfide) groups is 1. The third-order valence-electron chi connectivity index (χ3n) is 2.49. The molecule has 0 unspecified atom stereocenters. The van der Waals surface area contributed by atoms with Crippen molar-refractivity contribution in [3.05, 3.63) is 42.5 Å². The Morgan fingerprint density at radius 1 is 1.41 bits per heavy atom. The molecule has 3 nitrogen and oxygen atoms in total. The number of aryl methyl sites for hydroxylation is 1. The smallest absolute Gasteiger partial charge is 0.191 e. The summed E-state index contributed by atoms with van der Waals surface area (Å²) in [6.07, 6.45) is 3.87. The molecule has 0 aliphatic rings. The second-order valence-electron chi connectivity index (χ2n) is 3.78. The fraction of sp³-hybridized carbons (Fsp3) is 0.231. The lowest BCUT2D eigenvalue weighted by molar-refractivity contribution is 0.732. The average molecular weight is 245 g/mol. The Bertz CT molecular complexity index is 531. The summed E-state index contributed by atoms with van der Waals surface area (Å²) >= 11 is 1.60. The van der Waals surface area contributed by atoms with E-state index < -0.39 is 0 Å². The van der Waals surface area contributed by atoms with E-state index in [-0.39, 0.29) is 0 Å². The third-order valence-corrected chi connectivity index (χ3v) is 3.15. The molecule has 17 heavy (non-hydrogen) atoms. The number of rotatable bonds is 4. The Morgan fingerprint density at radius 2 is 2.24 bits per heavy atom. The second-order valence-corrected chi connectivity index (χ2v) is 4.55. The van der Waals surface area contributed by atoms with Crippen molar-refractivity contribution in [3.63, 3.8) is 0 Å². The molecule has 0 N–H and O–H groups in total. The number of hydrogen-bond acceptors (Lipinski definition) is 3. The average Bonchev–Trinajstić information content (AvgIpc) is 2.72. The Labute approximate surface area is 106 Å². The highest BCUT2D eigenvalue weighted by Gasteiger charge is 2.11. The van der Waals surface area contributed by atoms with Gasteiger partial charge in [-0.3, -0.25) is 4.57 Å². The molecule has 0 amide bonds. The quantitative estimate of drug-likeness (QED) is 0.612. The molecule has 0 saturated heterocycles. The first-order valence-electron chi connectivity index (χ1n) is 5.41. The molecule has 0 atom stereocenters. The molecule has 0 radical (unpaired) electrons. The van der Waals surface area contributed by atoms with Gasteiger partial charge in [-0.15, -0.1) is 16.8 Å². The van der Waals surface area contributed by atoms with Gasteiger partial charge >= 0.3 is 0 Å². The van der Waals surface area contributed by atoms with Crippen molar-refractivity contribution in [3.8, 4) is 11.4 Å². The fourth-order valence-corrected chi connectivity index (χ4v) is 2.23. The number of nitrogens with zero attached hydrogens (tertiary/aromatic N) is 3. The van der Waals surface area contributed by atoms with Crippen LogP contribution in [0.3, 0.4) is 0 Å². The van der Waals surface area contributed by atoms with Gasteiger partial charge in [-0.2, -0.15) is 0 Å². The Kier molecular flexibility index (Phi) is 3.64. The third kappa shape index (κ3) is 2.42. The summed E-state index contributed by atoms with van der Waals surface area (Å²) in [7, 11) is 0. The maximum Gasteiger partial charge on any atom is 0.191 e. The molecule has 0 bridgehead atoms. The van der Waals surface area contributed by atoms with Crippen molar-refractivity contribution in [2.24, 2.45) is 0 Å². The summed E-state index contributed by atoms with van der Waals surface area (Å²) in [6.45, 7) is 6.58. The number of aromatic nitrogens is 3. The van der Waals surface area contributed by atoms with Crippen molar-refractivity contribution in [1.29, 1.82) is 0 Å². The molecule has 1 aromatic carbocycles. The van der Waals surface area contributed by atoms with E-state index in [4.69, 9.17) is 0 Å². The lowest BCUT2D eigenvalue weighted by atomic mass is 10.1. The van der Waals surface area contributed by atoms with Crippen LogP contribution in [0, 0.1) is 6.92 Å². The molecule has 0 saturated carbocycles. The summed E-state index contributed by atoms with van der Waals surface area (Å²) < 4.78 is 2.08. The molecular formula is C13H15N3S. The first-order valence-corrected chi connectivity index (χ1v) is 6.64. The van der Waals surface area contributed by atoms with Gasteiger partial charge in [0.25, 0.3) is 0 Å². The van der Waals surface area contributed by atoms with Gasteiger partial charge < -0.3 is 0 Å². The SMILES string of the molecule is C=CCn1c(SC)nnc1-c1cccc(C)c1. The normalized spacial score (nSPS) is 10.5. The van der Waals surface area contributed by atoms with Gasteiger partial charge in [0, 0.05) is 12.1 Å². The van der Waals surface area contributed by atoms with E-state index in [2.05, 4.69) is 46.5 Å². The summed E-state index contributed by atoms with van der Waals surface area (Å²) in [5.41, 5.74) is 2.32. The molecule has 2 rings (SSSR count). The van der Waals surface area contributed by atoms with E-state index in [0.717, 1.165) is 23.1 Å². The van der Waals surface area contributed by atoms with Crippen LogP contribution in [0.2, 0.25) is 0 Å². The number of benzene rings is 1. The Hall–Kier alpha value is -1.55. The van der Waals surface area contributed by atoms with Crippen molar-refractivity contribution in [1.82, 2.24) is 14.8 Å². The minimum Gasteiger partial charge on any atom is -0.298 e. The molecule has 0 fully saturated rings. The predicted octanol–water partition coefficient (Wildman–Crippen LogP) is 3.16. The van der Waals surface area contributed by atoms with E-state index in [9.17, 15) is 0 Å². The number of hydrogen-bond donors (Lipinski definition) is 0. The molecule has 0 spiro atoms. The Morgan fingerprint density at radius 3 is 2.88 bits per heavy atom. The van der Waals surface area contributed by atoms with Gasteiger partial charge in [0.1, 0.15) is 0 Å². The lowest BCUT2D eigenvalue weighted by Crippen LogP contribution is -2.00. The van der Waals surface area contributed by atoms with Crippen LogP contribution >= 0.6 is 11.8 Å². The molecule has 0 aliphatic heterocycles. The predicted molar refractivity (Wildman–Crippen MR) is 72.2 cm³/mol. The largest absolute Gasteiger partial charge is 0.298 e. The molecule has 1 aromatic heterocycles. The standard InChI is InChI=1S/C13H15N3S/c1-4-8-16-12(14-15-13(16)17-3)11-7-5-6-10(2)9-11/h4-7,9H,1,8H2,2-3H3. The maximum atomic E-state index is 4.26. The molecular weight excluding hydrogens is 230 g/mol. The molecule has 0 aliphatic carbocycles.